The summed E-state index contributed by atoms with van der Waals surface area (Å²) in [5.74, 6) is 0.541. The van der Waals surface area contributed by atoms with Gasteiger partial charge in [0.15, 0.2) is 5.78 Å². The normalized spacial score (nSPS) is 41.1. The second-order valence-corrected chi connectivity index (χ2v) is 7.18. The molecule has 4 unspecified atom stereocenters. The monoisotopic (exact) mass is 352 g/mol. The first kappa shape index (κ1) is 19.8. The molecule has 1 saturated heterocycles. The first-order valence-electron chi connectivity index (χ1n) is 9.04. The van der Waals surface area contributed by atoms with E-state index in [4.69, 9.17) is 14.6 Å². The number of allylic oxidation sites excluding steroid dienone is 2. The molecule has 6 nitrogen and oxygen atoms in total. The van der Waals surface area contributed by atoms with Crippen molar-refractivity contribution in [3.05, 3.63) is 11.6 Å². The summed E-state index contributed by atoms with van der Waals surface area (Å²) in [4.78, 5) is 33.0. The van der Waals surface area contributed by atoms with Gasteiger partial charge in [0.25, 0.3) is 6.47 Å². The number of hydrogen-bond acceptors (Lipinski definition) is 5. The van der Waals surface area contributed by atoms with Crippen molar-refractivity contribution in [2.75, 3.05) is 6.61 Å². The average molecular weight is 352 g/mol. The predicted octanol–water partition coefficient (Wildman–Crippen LogP) is 1.99. The van der Waals surface area contributed by atoms with Crippen LogP contribution in [0.25, 0.3) is 0 Å². The van der Waals surface area contributed by atoms with Crippen LogP contribution in [0.5, 0.6) is 0 Å². The summed E-state index contributed by atoms with van der Waals surface area (Å²) in [6.07, 6.45) is 3.55. The van der Waals surface area contributed by atoms with Gasteiger partial charge in [-0.2, -0.15) is 0 Å². The number of fused-ring (bicyclic) bond motifs is 3. The fourth-order valence-electron chi connectivity index (χ4n) is 5.26. The Labute approximate surface area is 148 Å². The third kappa shape index (κ3) is 3.29. The summed E-state index contributed by atoms with van der Waals surface area (Å²) in [5, 5.41) is 17.4. The lowest BCUT2D eigenvalue weighted by atomic mass is 9.50. The smallest absolute Gasteiger partial charge is 0.290 e. The molecule has 6 heteroatoms. The molecule has 4 rings (SSSR count). The second-order valence-electron chi connectivity index (χ2n) is 7.18. The van der Waals surface area contributed by atoms with Gasteiger partial charge in [-0.05, 0) is 37.7 Å². The van der Waals surface area contributed by atoms with Crippen LogP contribution in [-0.2, 0) is 19.1 Å². The van der Waals surface area contributed by atoms with Crippen molar-refractivity contribution in [3.8, 4) is 0 Å². The summed E-state index contributed by atoms with van der Waals surface area (Å²) >= 11 is 0. The number of carbonyl (C=O) groups excluding carboxylic acids is 2. The van der Waals surface area contributed by atoms with Crippen LogP contribution in [0.1, 0.15) is 46.5 Å². The van der Waals surface area contributed by atoms with Gasteiger partial charge in [-0.3, -0.25) is 14.4 Å². The van der Waals surface area contributed by atoms with Gasteiger partial charge >= 0.3 is 0 Å². The van der Waals surface area contributed by atoms with Crippen LogP contribution in [0.4, 0.5) is 0 Å². The number of rotatable bonds is 0. The standard InChI is InChI=1S/C16H20O4.C2H6.CH2O2/c1-8-2-9(17)3-12-11(8)5-14(19)16-6-10(20-7-16)4-13(18)15(12)16;1-2;2-1-3/h2,10-13,15,18H,3-7H2,1H3;1-2H3;1H,(H,2,3)/t10?,11-,12?,13?,15-,16?;;/m0../s1. The lowest BCUT2D eigenvalue weighted by molar-refractivity contribution is -0.152. The van der Waals surface area contributed by atoms with Crippen LogP contribution >= 0.6 is 0 Å². The first-order chi connectivity index (χ1) is 11.9. The van der Waals surface area contributed by atoms with Crippen molar-refractivity contribution in [2.45, 2.75) is 58.7 Å². The highest BCUT2D eigenvalue weighted by atomic mass is 16.5. The molecule has 1 aliphatic heterocycles. The van der Waals surface area contributed by atoms with E-state index >= 15 is 0 Å². The summed E-state index contributed by atoms with van der Waals surface area (Å²) in [5.41, 5.74) is 0.504. The zero-order valence-electron chi connectivity index (χ0n) is 15.1. The zero-order chi connectivity index (χ0) is 18.8. The molecule has 0 aromatic rings. The highest BCUT2D eigenvalue weighted by molar-refractivity contribution is 5.94. The minimum absolute atomic E-state index is 0.0256. The Morgan fingerprint density at radius 2 is 1.92 bits per heavy atom. The summed E-state index contributed by atoms with van der Waals surface area (Å²) in [7, 11) is 0. The Hall–Kier alpha value is -1.53. The van der Waals surface area contributed by atoms with Gasteiger partial charge in [0.2, 0.25) is 0 Å². The fourth-order valence-corrected chi connectivity index (χ4v) is 5.26. The number of aliphatic hydroxyl groups is 1. The van der Waals surface area contributed by atoms with Crippen LogP contribution < -0.4 is 0 Å². The Kier molecular flexibility index (Phi) is 6.16. The molecule has 0 aromatic carbocycles. The van der Waals surface area contributed by atoms with Gasteiger partial charge in [-0.25, -0.2) is 0 Å². The van der Waals surface area contributed by atoms with Crippen molar-refractivity contribution in [1.29, 1.82) is 0 Å². The van der Waals surface area contributed by atoms with Gasteiger partial charge in [0, 0.05) is 18.8 Å². The number of Topliss-reactive ketones (excluding diaryl/α,β-unsaturated/α-hetero) is 1. The van der Waals surface area contributed by atoms with E-state index in [-0.39, 0.29) is 41.9 Å². The van der Waals surface area contributed by atoms with E-state index in [0.717, 1.165) is 12.0 Å². The maximum Gasteiger partial charge on any atom is 0.290 e. The van der Waals surface area contributed by atoms with Crippen molar-refractivity contribution < 1.29 is 29.3 Å². The molecule has 0 amide bonds. The Bertz CT molecular complexity index is 568. The molecule has 1 heterocycles. The summed E-state index contributed by atoms with van der Waals surface area (Å²) in [6.45, 7) is 6.14. The lowest BCUT2D eigenvalue weighted by Crippen LogP contribution is -2.57. The highest BCUT2D eigenvalue weighted by Gasteiger charge is 2.63. The van der Waals surface area contributed by atoms with Crippen LogP contribution in [0.3, 0.4) is 0 Å². The van der Waals surface area contributed by atoms with Gasteiger partial charge < -0.3 is 14.9 Å². The number of ketones is 2. The third-order valence-corrected chi connectivity index (χ3v) is 6.07. The van der Waals surface area contributed by atoms with E-state index in [1.165, 1.54) is 0 Å². The van der Waals surface area contributed by atoms with Crippen LogP contribution in [0.15, 0.2) is 11.6 Å². The van der Waals surface area contributed by atoms with E-state index in [1.54, 1.807) is 6.08 Å². The highest BCUT2D eigenvalue weighted by Crippen LogP contribution is 2.59. The molecule has 3 fully saturated rings. The Morgan fingerprint density at radius 1 is 1.28 bits per heavy atom. The summed E-state index contributed by atoms with van der Waals surface area (Å²) < 4.78 is 5.73. The fraction of sp³-hybridized carbons (Fsp3) is 0.737. The number of aliphatic hydroxyl groups excluding tert-OH is 1. The lowest BCUT2D eigenvalue weighted by Gasteiger charge is -2.52. The first-order valence-corrected chi connectivity index (χ1v) is 9.04. The number of carboxylic acid groups (broad SMARTS) is 1. The molecule has 25 heavy (non-hydrogen) atoms. The van der Waals surface area contributed by atoms with Gasteiger partial charge in [-0.15, -0.1) is 0 Å². The molecule has 6 atom stereocenters. The van der Waals surface area contributed by atoms with E-state index in [9.17, 15) is 14.7 Å². The molecule has 2 saturated carbocycles. The topological polar surface area (TPSA) is 101 Å². The predicted molar refractivity (Wildman–Crippen MR) is 90.9 cm³/mol. The average Bonchev–Trinajstić information content (AvgIpc) is 2.90. The largest absolute Gasteiger partial charge is 0.483 e. The quantitative estimate of drug-likeness (QED) is 0.647. The van der Waals surface area contributed by atoms with E-state index < -0.39 is 11.5 Å². The van der Waals surface area contributed by atoms with E-state index in [2.05, 4.69) is 0 Å². The SMILES string of the molecule is CC.CC1=CC(=O)CC2[C@H]3C(O)CC4CC3(CO4)C(=O)C[C@@H]12.O=CO. The molecule has 1 spiro atoms. The maximum absolute atomic E-state index is 12.7. The van der Waals surface area contributed by atoms with Crippen molar-refractivity contribution >= 4 is 18.0 Å². The van der Waals surface area contributed by atoms with Crippen molar-refractivity contribution in [2.24, 2.45) is 23.2 Å². The molecule has 2 N–H and O–H groups in total. The Morgan fingerprint density at radius 3 is 2.56 bits per heavy atom. The molecule has 140 valence electrons. The van der Waals surface area contributed by atoms with Crippen LogP contribution in [0, 0.1) is 23.2 Å². The number of carbonyl (C=O) groups is 3. The van der Waals surface area contributed by atoms with Crippen LogP contribution in [-0.4, -0.2) is 47.1 Å². The number of hydrogen-bond donors (Lipinski definition) is 2. The van der Waals surface area contributed by atoms with E-state index in [1.807, 2.05) is 20.8 Å². The maximum atomic E-state index is 12.7. The molecular weight excluding hydrogens is 324 g/mol. The molecule has 0 radical (unpaired) electrons. The van der Waals surface area contributed by atoms with Gasteiger partial charge in [-0.1, -0.05) is 19.4 Å². The molecular formula is C19H28O6. The Balaban J connectivity index is 0.000000410. The molecule has 3 aliphatic carbocycles. The number of ether oxygens (including phenoxy) is 1. The third-order valence-electron chi connectivity index (χ3n) is 6.07. The molecule has 2 bridgehead atoms. The van der Waals surface area contributed by atoms with Gasteiger partial charge in [0.1, 0.15) is 5.78 Å². The molecule has 4 aliphatic rings. The van der Waals surface area contributed by atoms with E-state index in [0.29, 0.717) is 25.9 Å². The zero-order valence-corrected chi connectivity index (χ0v) is 15.1. The van der Waals surface area contributed by atoms with Crippen LogP contribution in [0.2, 0.25) is 0 Å². The summed E-state index contributed by atoms with van der Waals surface area (Å²) in [6, 6.07) is 0. The minimum atomic E-state index is -0.512. The van der Waals surface area contributed by atoms with Crippen molar-refractivity contribution in [3.63, 3.8) is 0 Å². The van der Waals surface area contributed by atoms with Gasteiger partial charge in [0.05, 0.1) is 24.2 Å². The second kappa shape index (κ2) is 7.79. The van der Waals surface area contributed by atoms with Crippen molar-refractivity contribution in [1.82, 2.24) is 0 Å². The molecule has 0 aromatic heterocycles. The minimum Gasteiger partial charge on any atom is -0.483 e.